The minimum absolute atomic E-state index is 0.0391. The van der Waals surface area contributed by atoms with Gasteiger partial charge in [0.15, 0.2) is 9.84 Å². The molecule has 1 fully saturated rings. The van der Waals surface area contributed by atoms with E-state index in [1.54, 1.807) is 13.0 Å². The van der Waals surface area contributed by atoms with E-state index >= 15 is 0 Å². The highest BCUT2D eigenvalue weighted by atomic mass is 32.2. The molecule has 104 valence electrons. The molecule has 1 saturated heterocycles. The van der Waals surface area contributed by atoms with Crippen LogP contribution < -0.4 is 10.6 Å². The summed E-state index contributed by atoms with van der Waals surface area (Å²) in [6.45, 7) is 1.75. The van der Waals surface area contributed by atoms with Crippen molar-refractivity contribution in [2.24, 2.45) is 0 Å². The summed E-state index contributed by atoms with van der Waals surface area (Å²) in [4.78, 5) is 11.7. The minimum Gasteiger partial charge on any atom is -0.334 e. The Balaban J connectivity index is 1.97. The van der Waals surface area contributed by atoms with Crippen LogP contribution in [0.4, 0.5) is 14.9 Å². The number of aryl methyl sites for hydroxylation is 1. The molecule has 2 amide bonds. The van der Waals surface area contributed by atoms with Crippen LogP contribution in [0, 0.1) is 12.7 Å². The Morgan fingerprint density at radius 1 is 1.42 bits per heavy atom. The standard InChI is InChI=1S/C12H15FN2O3S/c1-8-2-3-9(13)6-11(8)15-12(16)14-10-4-5-19(17,18)7-10/h2-3,6,10H,4-5,7H2,1H3,(H2,14,15,16). The molecule has 0 bridgehead atoms. The SMILES string of the molecule is Cc1ccc(F)cc1NC(=O)NC1CCS(=O)(=O)C1. The van der Waals surface area contributed by atoms with E-state index in [1.807, 2.05) is 0 Å². The second-order valence-corrected chi connectivity index (χ2v) is 6.89. The van der Waals surface area contributed by atoms with Gasteiger partial charge in [0.25, 0.3) is 0 Å². The number of sulfone groups is 1. The fourth-order valence-corrected chi connectivity index (χ4v) is 3.65. The second-order valence-electron chi connectivity index (χ2n) is 4.66. The number of anilines is 1. The lowest BCUT2D eigenvalue weighted by molar-refractivity contribution is 0.249. The Labute approximate surface area is 111 Å². The maximum atomic E-state index is 13.1. The van der Waals surface area contributed by atoms with Crippen LogP contribution in [0.15, 0.2) is 18.2 Å². The molecule has 0 aromatic heterocycles. The third-order valence-corrected chi connectivity index (χ3v) is 4.78. The van der Waals surface area contributed by atoms with E-state index < -0.39 is 21.7 Å². The summed E-state index contributed by atoms with van der Waals surface area (Å²) in [5.41, 5.74) is 1.11. The van der Waals surface area contributed by atoms with E-state index in [9.17, 15) is 17.6 Å². The highest BCUT2D eigenvalue weighted by Crippen LogP contribution is 2.16. The van der Waals surface area contributed by atoms with Gasteiger partial charge < -0.3 is 10.6 Å². The zero-order valence-electron chi connectivity index (χ0n) is 10.4. The summed E-state index contributed by atoms with van der Waals surface area (Å²) in [5, 5.41) is 5.10. The van der Waals surface area contributed by atoms with Crippen LogP contribution in [0.5, 0.6) is 0 Å². The van der Waals surface area contributed by atoms with Crippen LogP contribution in [0.25, 0.3) is 0 Å². The Morgan fingerprint density at radius 2 is 2.16 bits per heavy atom. The van der Waals surface area contributed by atoms with E-state index in [0.29, 0.717) is 12.1 Å². The van der Waals surface area contributed by atoms with Crippen molar-refractivity contribution in [3.8, 4) is 0 Å². The zero-order valence-corrected chi connectivity index (χ0v) is 11.3. The Hall–Kier alpha value is -1.63. The number of nitrogens with one attached hydrogen (secondary N) is 2. The number of amides is 2. The summed E-state index contributed by atoms with van der Waals surface area (Å²) in [5.74, 6) is -0.385. The van der Waals surface area contributed by atoms with Gasteiger partial charge in [-0.05, 0) is 31.0 Å². The topological polar surface area (TPSA) is 75.3 Å². The largest absolute Gasteiger partial charge is 0.334 e. The van der Waals surface area contributed by atoms with Gasteiger partial charge in [-0.1, -0.05) is 6.07 Å². The molecule has 5 nitrogen and oxygen atoms in total. The van der Waals surface area contributed by atoms with Gasteiger partial charge in [0, 0.05) is 11.7 Å². The van der Waals surface area contributed by atoms with Crippen molar-refractivity contribution in [3.05, 3.63) is 29.6 Å². The number of carbonyl (C=O) groups excluding carboxylic acids is 1. The van der Waals surface area contributed by atoms with Crippen molar-refractivity contribution in [3.63, 3.8) is 0 Å². The minimum atomic E-state index is -3.03. The van der Waals surface area contributed by atoms with E-state index in [2.05, 4.69) is 10.6 Å². The van der Waals surface area contributed by atoms with Crippen LogP contribution in [-0.4, -0.2) is 32.0 Å². The summed E-state index contributed by atoms with van der Waals surface area (Å²) in [6.07, 6.45) is 0.415. The first-order chi connectivity index (χ1) is 8.85. The zero-order chi connectivity index (χ0) is 14.0. The van der Waals surface area contributed by atoms with Gasteiger partial charge >= 0.3 is 6.03 Å². The highest BCUT2D eigenvalue weighted by Gasteiger charge is 2.28. The van der Waals surface area contributed by atoms with Crippen LogP contribution in [0.2, 0.25) is 0 Å². The maximum Gasteiger partial charge on any atom is 0.319 e. The average molecular weight is 286 g/mol. The Morgan fingerprint density at radius 3 is 2.79 bits per heavy atom. The molecule has 1 aliphatic heterocycles. The lowest BCUT2D eigenvalue weighted by Crippen LogP contribution is -2.38. The Kier molecular flexibility index (Phi) is 3.75. The summed E-state index contributed by atoms with van der Waals surface area (Å²) >= 11 is 0. The van der Waals surface area contributed by atoms with Crippen molar-refractivity contribution in [1.29, 1.82) is 0 Å². The fourth-order valence-electron chi connectivity index (χ4n) is 1.98. The molecule has 1 aliphatic rings. The van der Waals surface area contributed by atoms with Gasteiger partial charge in [-0.3, -0.25) is 0 Å². The molecule has 2 rings (SSSR count). The second kappa shape index (κ2) is 5.16. The predicted octanol–water partition coefficient (Wildman–Crippen LogP) is 1.44. The number of benzene rings is 1. The molecule has 1 aromatic carbocycles. The molecule has 7 heteroatoms. The smallest absolute Gasteiger partial charge is 0.319 e. The summed E-state index contributed by atoms with van der Waals surface area (Å²) in [7, 11) is -3.03. The van der Waals surface area contributed by atoms with Crippen LogP contribution in [-0.2, 0) is 9.84 Å². The molecular weight excluding hydrogens is 271 g/mol. The fraction of sp³-hybridized carbons (Fsp3) is 0.417. The lowest BCUT2D eigenvalue weighted by Gasteiger charge is -2.13. The van der Waals surface area contributed by atoms with Gasteiger partial charge in [0.05, 0.1) is 11.5 Å². The van der Waals surface area contributed by atoms with Crippen LogP contribution in [0.1, 0.15) is 12.0 Å². The molecule has 1 aromatic rings. The molecule has 0 spiro atoms. The van der Waals surface area contributed by atoms with Gasteiger partial charge in [0.1, 0.15) is 5.82 Å². The van der Waals surface area contributed by atoms with Crippen molar-refractivity contribution in [1.82, 2.24) is 5.32 Å². The van der Waals surface area contributed by atoms with Gasteiger partial charge in [-0.25, -0.2) is 17.6 Å². The molecular formula is C12H15FN2O3S. The third kappa shape index (κ3) is 3.66. The number of rotatable bonds is 2. The van der Waals surface area contributed by atoms with E-state index in [4.69, 9.17) is 0 Å². The lowest BCUT2D eigenvalue weighted by atomic mass is 10.2. The number of carbonyl (C=O) groups is 1. The molecule has 0 saturated carbocycles. The predicted molar refractivity (Wildman–Crippen MR) is 70.4 cm³/mol. The molecule has 1 atom stereocenters. The van der Waals surface area contributed by atoms with E-state index in [0.717, 1.165) is 5.56 Å². The van der Waals surface area contributed by atoms with Crippen LogP contribution in [0.3, 0.4) is 0 Å². The average Bonchev–Trinajstić information content (AvgIpc) is 2.63. The van der Waals surface area contributed by atoms with E-state index in [1.165, 1.54) is 12.1 Å². The monoisotopic (exact) mass is 286 g/mol. The quantitative estimate of drug-likeness (QED) is 0.864. The molecule has 1 heterocycles. The molecule has 2 N–H and O–H groups in total. The third-order valence-electron chi connectivity index (χ3n) is 3.02. The highest BCUT2D eigenvalue weighted by molar-refractivity contribution is 7.91. The summed E-state index contributed by atoms with van der Waals surface area (Å²) < 4.78 is 35.6. The number of hydrogen-bond acceptors (Lipinski definition) is 3. The molecule has 0 radical (unpaired) electrons. The number of hydrogen-bond donors (Lipinski definition) is 2. The molecule has 1 unspecified atom stereocenters. The van der Waals surface area contributed by atoms with Gasteiger partial charge in [0.2, 0.25) is 0 Å². The first-order valence-electron chi connectivity index (χ1n) is 5.90. The summed E-state index contributed by atoms with van der Waals surface area (Å²) in [6, 6.07) is 3.20. The molecule has 0 aliphatic carbocycles. The van der Waals surface area contributed by atoms with Gasteiger partial charge in [-0.2, -0.15) is 0 Å². The number of urea groups is 1. The Bertz CT molecular complexity index is 601. The normalized spacial score (nSPS) is 21.1. The van der Waals surface area contributed by atoms with E-state index in [-0.39, 0.29) is 17.5 Å². The first kappa shape index (κ1) is 13.8. The first-order valence-corrected chi connectivity index (χ1v) is 7.72. The number of halogens is 1. The van der Waals surface area contributed by atoms with Crippen molar-refractivity contribution >= 4 is 21.6 Å². The maximum absolute atomic E-state index is 13.1. The van der Waals surface area contributed by atoms with Gasteiger partial charge in [-0.15, -0.1) is 0 Å². The van der Waals surface area contributed by atoms with Crippen molar-refractivity contribution in [2.75, 3.05) is 16.8 Å². The molecule has 19 heavy (non-hydrogen) atoms. The van der Waals surface area contributed by atoms with Crippen LogP contribution >= 0.6 is 0 Å². The van der Waals surface area contributed by atoms with Crippen molar-refractivity contribution < 1.29 is 17.6 Å². The van der Waals surface area contributed by atoms with Crippen molar-refractivity contribution in [2.45, 2.75) is 19.4 Å².